The lowest BCUT2D eigenvalue weighted by atomic mass is 9.95. The molecule has 6 nitrogen and oxygen atoms in total. The minimum atomic E-state index is -3.33. The van der Waals surface area contributed by atoms with Gasteiger partial charge >= 0.3 is 0 Å². The monoisotopic (exact) mass is 407 g/mol. The van der Waals surface area contributed by atoms with E-state index in [0.29, 0.717) is 23.9 Å². The van der Waals surface area contributed by atoms with Crippen LogP contribution >= 0.6 is 0 Å². The number of likely N-dealkylation sites (tertiary alicyclic amines) is 1. The molecule has 0 bridgehead atoms. The maximum Gasteiger partial charge on any atom is 0.221 e. The first-order chi connectivity index (χ1) is 14.1. The molecule has 2 aromatic heterocycles. The van der Waals surface area contributed by atoms with Crippen molar-refractivity contribution in [3.63, 3.8) is 0 Å². The van der Waals surface area contributed by atoms with Crippen molar-refractivity contribution >= 4 is 9.84 Å². The molecule has 148 valence electrons. The van der Waals surface area contributed by atoms with E-state index >= 15 is 0 Å². The third-order valence-electron chi connectivity index (χ3n) is 5.86. The number of pyridine rings is 2. The van der Waals surface area contributed by atoms with Gasteiger partial charge in [-0.15, -0.1) is 0 Å². The van der Waals surface area contributed by atoms with E-state index < -0.39 is 9.84 Å². The van der Waals surface area contributed by atoms with Crippen molar-refractivity contribution in [2.45, 2.75) is 22.6 Å². The first kappa shape index (κ1) is 18.3. The van der Waals surface area contributed by atoms with Gasteiger partial charge in [0.25, 0.3) is 0 Å². The average Bonchev–Trinajstić information content (AvgIpc) is 3.26. The van der Waals surface area contributed by atoms with Gasteiger partial charge in [-0.1, -0.05) is 12.1 Å². The molecule has 1 fully saturated rings. The van der Waals surface area contributed by atoms with Crippen LogP contribution in [0.5, 0.6) is 5.88 Å². The minimum Gasteiger partial charge on any atom is -0.481 e. The highest BCUT2D eigenvalue weighted by Gasteiger charge is 2.50. The van der Waals surface area contributed by atoms with Crippen molar-refractivity contribution in [3.05, 3.63) is 72.2 Å². The second-order valence-corrected chi connectivity index (χ2v) is 9.69. The molecule has 7 heteroatoms. The molecule has 5 rings (SSSR count). The Bertz CT molecular complexity index is 1160. The second kappa shape index (κ2) is 6.93. The molecule has 2 aliphatic heterocycles. The zero-order valence-corrected chi connectivity index (χ0v) is 16.8. The summed E-state index contributed by atoms with van der Waals surface area (Å²) in [6, 6.07) is 13.3. The predicted molar refractivity (Wildman–Crippen MR) is 109 cm³/mol. The molecule has 0 amide bonds. The Labute approximate surface area is 170 Å². The van der Waals surface area contributed by atoms with Gasteiger partial charge in [0.15, 0.2) is 9.84 Å². The summed E-state index contributed by atoms with van der Waals surface area (Å²) >= 11 is 0. The number of rotatable bonds is 4. The Morgan fingerprint density at radius 2 is 2.00 bits per heavy atom. The van der Waals surface area contributed by atoms with Crippen LogP contribution in [0.4, 0.5) is 0 Å². The molecule has 0 N–H and O–H groups in total. The van der Waals surface area contributed by atoms with Crippen LogP contribution in [0.1, 0.15) is 17.0 Å². The van der Waals surface area contributed by atoms with E-state index in [4.69, 9.17) is 4.74 Å². The Morgan fingerprint density at radius 1 is 1.14 bits per heavy atom. The average molecular weight is 407 g/mol. The number of ether oxygens (including phenoxy) is 1. The van der Waals surface area contributed by atoms with Crippen LogP contribution in [0.25, 0.3) is 11.1 Å². The molecule has 1 saturated heterocycles. The van der Waals surface area contributed by atoms with Gasteiger partial charge in [-0.2, -0.15) is 0 Å². The highest BCUT2D eigenvalue weighted by molar-refractivity contribution is 7.92. The van der Waals surface area contributed by atoms with Crippen LogP contribution in [0.3, 0.4) is 0 Å². The fourth-order valence-corrected chi connectivity index (χ4v) is 6.74. The van der Waals surface area contributed by atoms with E-state index in [9.17, 15) is 8.42 Å². The summed E-state index contributed by atoms with van der Waals surface area (Å²) in [5.74, 6) is 0.517. The Balaban J connectivity index is 1.50. The number of nitrogens with zero attached hydrogens (tertiary/aromatic N) is 3. The van der Waals surface area contributed by atoms with Crippen molar-refractivity contribution in [2.24, 2.45) is 0 Å². The summed E-state index contributed by atoms with van der Waals surface area (Å²) in [5.41, 5.74) is 3.80. The fourth-order valence-electron chi connectivity index (χ4n) is 4.55. The van der Waals surface area contributed by atoms with Gasteiger partial charge in [0.1, 0.15) is 0 Å². The summed E-state index contributed by atoms with van der Waals surface area (Å²) in [4.78, 5) is 11.1. The van der Waals surface area contributed by atoms with Gasteiger partial charge < -0.3 is 4.74 Å². The maximum absolute atomic E-state index is 13.2. The first-order valence-electron chi connectivity index (χ1n) is 9.56. The molecule has 1 aromatic carbocycles. The molecule has 0 spiro atoms. The Morgan fingerprint density at radius 3 is 2.79 bits per heavy atom. The normalized spacial score (nSPS) is 22.2. The van der Waals surface area contributed by atoms with Crippen LogP contribution in [0.15, 0.2) is 66.0 Å². The number of fused-ring (bicyclic) bond motifs is 3. The molecule has 29 heavy (non-hydrogen) atoms. The quantitative estimate of drug-likeness (QED) is 0.662. The molecule has 3 aromatic rings. The van der Waals surface area contributed by atoms with Crippen molar-refractivity contribution in [1.29, 1.82) is 0 Å². The van der Waals surface area contributed by atoms with Crippen molar-refractivity contribution in [2.75, 3.05) is 20.2 Å². The van der Waals surface area contributed by atoms with Gasteiger partial charge in [-0.05, 0) is 47.0 Å². The molecule has 2 aliphatic rings. The zero-order chi connectivity index (χ0) is 20.0. The van der Waals surface area contributed by atoms with Crippen LogP contribution in [-0.2, 0) is 16.4 Å². The van der Waals surface area contributed by atoms with Gasteiger partial charge in [0.2, 0.25) is 5.88 Å². The molecular weight excluding hydrogens is 386 g/mol. The largest absolute Gasteiger partial charge is 0.481 e. The summed E-state index contributed by atoms with van der Waals surface area (Å²) in [5, 5.41) is -0.389. The standard InChI is InChI=1S/C22H21N3O3S/c1-28-22-17(5-3-9-24-22)16-6-7-20-18(10-16)19-13-25(14-21(19)29(20,26)27)12-15-4-2-8-23-11-15/h2-11,19,21H,12-14H2,1H3. The molecule has 2 unspecified atom stereocenters. The number of hydrogen-bond donors (Lipinski definition) is 0. The summed E-state index contributed by atoms with van der Waals surface area (Å²) < 4.78 is 31.7. The molecule has 2 atom stereocenters. The van der Waals surface area contributed by atoms with E-state index in [1.807, 2.05) is 42.6 Å². The van der Waals surface area contributed by atoms with Crippen molar-refractivity contribution in [3.8, 4) is 17.0 Å². The minimum absolute atomic E-state index is 0.0192. The van der Waals surface area contributed by atoms with E-state index in [-0.39, 0.29) is 11.2 Å². The lowest BCUT2D eigenvalue weighted by Crippen LogP contribution is -2.25. The zero-order valence-electron chi connectivity index (χ0n) is 16.0. The SMILES string of the molecule is COc1ncccc1-c1ccc2c(c1)C1CN(Cc3cccnc3)CC1S2(=O)=O. The number of aromatic nitrogens is 2. The number of hydrogen-bond acceptors (Lipinski definition) is 6. The van der Waals surface area contributed by atoms with Gasteiger partial charge in [-0.25, -0.2) is 13.4 Å². The summed E-state index contributed by atoms with van der Waals surface area (Å²) in [6.07, 6.45) is 5.27. The van der Waals surface area contributed by atoms with Gasteiger partial charge in [0, 0.05) is 49.7 Å². The van der Waals surface area contributed by atoms with E-state index in [2.05, 4.69) is 14.9 Å². The maximum atomic E-state index is 13.2. The van der Waals surface area contributed by atoms with E-state index in [1.54, 1.807) is 25.6 Å². The van der Waals surface area contributed by atoms with Crippen molar-refractivity contribution < 1.29 is 13.2 Å². The third-order valence-corrected chi connectivity index (χ3v) is 8.12. The third kappa shape index (κ3) is 3.01. The first-order valence-corrected chi connectivity index (χ1v) is 11.1. The van der Waals surface area contributed by atoms with Crippen LogP contribution in [-0.4, -0.2) is 48.7 Å². The van der Waals surface area contributed by atoms with Crippen LogP contribution in [0.2, 0.25) is 0 Å². The lowest BCUT2D eigenvalue weighted by molar-refractivity contribution is 0.325. The van der Waals surface area contributed by atoms with E-state index in [0.717, 1.165) is 28.8 Å². The molecule has 4 heterocycles. The number of sulfone groups is 1. The molecule has 0 saturated carbocycles. The number of benzene rings is 1. The predicted octanol–water partition coefficient (Wildman–Crippen LogP) is 2.91. The number of methoxy groups -OCH3 is 1. The second-order valence-electron chi connectivity index (χ2n) is 7.56. The lowest BCUT2D eigenvalue weighted by Gasteiger charge is -2.17. The Hall–Kier alpha value is -2.77. The summed E-state index contributed by atoms with van der Waals surface area (Å²) in [6.45, 7) is 1.98. The smallest absolute Gasteiger partial charge is 0.221 e. The van der Waals surface area contributed by atoms with Gasteiger partial charge in [-0.3, -0.25) is 9.88 Å². The fraction of sp³-hybridized carbons (Fsp3) is 0.273. The van der Waals surface area contributed by atoms with Crippen LogP contribution in [0, 0.1) is 0 Å². The van der Waals surface area contributed by atoms with Crippen molar-refractivity contribution in [1.82, 2.24) is 14.9 Å². The highest BCUT2D eigenvalue weighted by Crippen LogP contribution is 2.46. The van der Waals surface area contributed by atoms with Crippen LogP contribution < -0.4 is 4.74 Å². The van der Waals surface area contributed by atoms with Gasteiger partial charge in [0.05, 0.1) is 17.3 Å². The Kier molecular flexibility index (Phi) is 4.37. The molecule has 0 radical (unpaired) electrons. The highest BCUT2D eigenvalue weighted by atomic mass is 32.2. The molecule has 0 aliphatic carbocycles. The topological polar surface area (TPSA) is 72.4 Å². The summed E-state index contributed by atoms with van der Waals surface area (Å²) in [7, 11) is -1.74. The van der Waals surface area contributed by atoms with E-state index in [1.165, 1.54) is 0 Å². The molecular formula is C22H21N3O3S.